The summed E-state index contributed by atoms with van der Waals surface area (Å²) >= 11 is 1.55. The number of thiazole rings is 1. The molecule has 0 bridgehead atoms. The van der Waals surface area contributed by atoms with Crippen molar-refractivity contribution in [2.45, 2.75) is 26.8 Å². The van der Waals surface area contributed by atoms with Crippen LogP contribution in [0, 0.1) is 13.8 Å². The Morgan fingerprint density at radius 3 is 2.79 bits per heavy atom. The van der Waals surface area contributed by atoms with Crippen LogP contribution in [0.3, 0.4) is 0 Å². The summed E-state index contributed by atoms with van der Waals surface area (Å²) in [5.41, 5.74) is 0.648. The van der Waals surface area contributed by atoms with E-state index < -0.39 is 0 Å². The number of aromatic amines is 1. The van der Waals surface area contributed by atoms with Crippen LogP contribution < -0.4 is 10.9 Å². The van der Waals surface area contributed by atoms with Crippen LogP contribution in [-0.2, 0) is 0 Å². The Kier molecular flexibility index (Phi) is 3.80. The zero-order chi connectivity index (χ0) is 14.0. The van der Waals surface area contributed by atoms with Gasteiger partial charge in [-0.05, 0) is 32.9 Å². The van der Waals surface area contributed by atoms with Crippen LogP contribution in [0.1, 0.15) is 38.9 Å². The van der Waals surface area contributed by atoms with E-state index in [4.69, 9.17) is 0 Å². The molecule has 0 fully saturated rings. The maximum absolute atomic E-state index is 12.0. The molecular weight excluding hydrogens is 262 g/mol. The standard InChI is InChI=1S/C13H15N3O2S/c1-7-11(19-9(3)15-7)8(2)16-13(18)10-5-4-6-14-12(10)17/h4-6,8H,1-3H3,(H,14,17)(H,16,18)/t8-/m1/s1. The number of hydrogen-bond donors (Lipinski definition) is 2. The van der Waals surface area contributed by atoms with Gasteiger partial charge in [-0.2, -0.15) is 0 Å². The third-order valence-electron chi connectivity index (χ3n) is 2.74. The first-order valence-corrected chi connectivity index (χ1v) is 6.73. The fourth-order valence-electron chi connectivity index (χ4n) is 1.89. The summed E-state index contributed by atoms with van der Waals surface area (Å²) in [5, 5.41) is 3.78. The molecule has 0 aliphatic carbocycles. The van der Waals surface area contributed by atoms with Crippen molar-refractivity contribution in [1.82, 2.24) is 15.3 Å². The molecule has 2 heterocycles. The number of pyridine rings is 1. The zero-order valence-electron chi connectivity index (χ0n) is 11.0. The summed E-state index contributed by atoms with van der Waals surface area (Å²) in [4.78, 5) is 31.4. The number of carbonyl (C=O) groups is 1. The van der Waals surface area contributed by atoms with E-state index in [1.165, 1.54) is 12.3 Å². The van der Waals surface area contributed by atoms with Gasteiger partial charge in [0.25, 0.3) is 11.5 Å². The minimum Gasteiger partial charge on any atom is -0.344 e. The lowest BCUT2D eigenvalue weighted by Gasteiger charge is -2.12. The van der Waals surface area contributed by atoms with E-state index in [2.05, 4.69) is 15.3 Å². The normalized spacial score (nSPS) is 12.2. The van der Waals surface area contributed by atoms with Crippen molar-refractivity contribution < 1.29 is 4.79 Å². The molecule has 100 valence electrons. The van der Waals surface area contributed by atoms with E-state index in [9.17, 15) is 9.59 Å². The molecule has 2 rings (SSSR count). The number of hydrogen-bond acceptors (Lipinski definition) is 4. The van der Waals surface area contributed by atoms with Crippen molar-refractivity contribution in [2.24, 2.45) is 0 Å². The Morgan fingerprint density at radius 2 is 2.21 bits per heavy atom. The van der Waals surface area contributed by atoms with Crippen LogP contribution in [0.2, 0.25) is 0 Å². The third kappa shape index (κ3) is 2.90. The SMILES string of the molecule is Cc1nc(C)c([C@@H](C)NC(=O)c2ccc[nH]c2=O)s1. The van der Waals surface area contributed by atoms with Gasteiger partial charge in [0.2, 0.25) is 0 Å². The maximum atomic E-state index is 12.0. The predicted molar refractivity (Wildman–Crippen MR) is 74.5 cm³/mol. The first kappa shape index (κ1) is 13.5. The van der Waals surface area contributed by atoms with Crippen molar-refractivity contribution in [3.8, 4) is 0 Å². The van der Waals surface area contributed by atoms with E-state index >= 15 is 0 Å². The number of aryl methyl sites for hydroxylation is 2. The van der Waals surface area contributed by atoms with Crippen molar-refractivity contribution in [2.75, 3.05) is 0 Å². The van der Waals surface area contributed by atoms with Gasteiger partial charge in [0.1, 0.15) is 5.56 Å². The smallest absolute Gasteiger partial charge is 0.260 e. The van der Waals surface area contributed by atoms with E-state index in [1.807, 2.05) is 20.8 Å². The van der Waals surface area contributed by atoms with Crippen LogP contribution in [0.25, 0.3) is 0 Å². The van der Waals surface area contributed by atoms with Crippen LogP contribution in [0.4, 0.5) is 0 Å². The Morgan fingerprint density at radius 1 is 1.47 bits per heavy atom. The van der Waals surface area contributed by atoms with Crippen LogP contribution in [-0.4, -0.2) is 15.9 Å². The number of aromatic nitrogens is 2. The van der Waals surface area contributed by atoms with Crippen LogP contribution in [0.5, 0.6) is 0 Å². The molecule has 5 nitrogen and oxygen atoms in total. The van der Waals surface area contributed by atoms with Crippen LogP contribution >= 0.6 is 11.3 Å². The Hall–Kier alpha value is -1.95. The van der Waals surface area contributed by atoms with Crippen molar-refractivity contribution in [3.63, 3.8) is 0 Å². The van der Waals surface area contributed by atoms with E-state index in [0.717, 1.165) is 15.6 Å². The molecule has 19 heavy (non-hydrogen) atoms. The lowest BCUT2D eigenvalue weighted by atomic mass is 10.2. The lowest BCUT2D eigenvalue weighted by Crippen LogP contribution is -2.31. The van der Waals surface area contributed by atoms with Crippen molar-refractivity contribution in [3.05, 3.63) is 49.8 Å². The second-order valence-corrected chi connectivity index (χ2v) is 5.53. The second kappa shape index (κ2) is 5.36. The van der Waals surface area contributed by atoms with Gasteiger partial charge < -0.3 is 10.3 Å². The molecule has 0 radical (unpaired) electrons. The molecule has 0 saturated carbocycles. The fourth-order valence-corrected chi connectivity index (χ4v) is 2.82. The molecule has 1 amide bonds. The van der Waals surface area contributed by atoms with E-state index in [0.29, 0.717) is 0 Å². The Balaban J connectivity index is 2.18. The molecule has 0 saturated heterocycles. The van der Waals surface area contributed by atoms with Gasteiger partial charge in [-0.25, -0.2) is 4.98 Å². The van der Waals surface area contributed by atoms with Crippen molar-refractivity contribution in [1.29, 1.82) is 0 Å². The quantitative estimate of drug-likeness (QED) is 0.900. The van der Waals surface area contributed by atoms with E-state index in [1.54, 1.807) is 17.4 Å². The number of nitrogens with one attached hydrogen (secondary N) is 2. The summed E-state index contributed by atoms with van der Waals surface area (Å²) in [7, 11) is 0. The molecule has 6 heteroatoms. The number of amides is 1. The topological polar surface area (TPSA) is 74.8 Å². The second-order valence-electron chi connectivity index (χ2n) is 4.29. The highest BCUT2D eigenvalue weighted by Crippen LogP contribution is 2.24. The molecule has 0 aliphatic rings. The average molecular weight is 277 g/mol. The molecule has 2 N–H and O–H groups in total. The Labute approximate surface area is 114 Å². The number of H-pyrrole nitrogens is 1. The van der Waals surface area contributed by atoms with Gasteiger partial charge in [-0.15, -0.1) is 11.3 Å². The number of carbonyl (C=O) groups excluding carboxylic acids is 1. The van der Waals surface area contributed by atoms with Crippen molar-refractivity contribution >= 4 is 17.2 Å². The lowest BCUT2D eigenvalue weighted by molar-refractivity contribution is 0.0939. The summed E-state index contributed by atoms with van der Waals surface area (Å²) in [6, 6.07) is 2.97. The molecule has 1 atom stereocenters. The number of rotatable bonds is 3. The highest BCUT2D eigenvalue weighted by molar-refractivity contribution is 7.11. The molecule has 2 aromatic rings. The maximum Gasteiger partial charge on any atom is 0.260 e. The molecule has 0 unspecified atom stereocenters. The summed E-state index contributed by atoms with van der Waals surface area (Å²) in [5.74, 6) is -0.375. The zero-order valence-corrected chi connectivity index (χ0v) is 11.8. The van der Waals surface area contributed by atoms with Gasteiger partial charge in [-0.3, -0.25) is 9.59 Å². The minimum atomic E-state index is -0.385. The summed E-state index contributed by atoms with van der Waals surface area (Å²) in [6.07, 6.45) is 1.50. The summed E-state index contributed by atoms with van der Waals surface area (Å²) < 4.78 is 0. The predicted octanol–water partition coefficient (Wildman–Crippen LogP) is 1.94. The van der Waals surface area contributed by atoms with Crippen LogP contribution in [0.15, 0.2) is 23.1 Å². The minimum absolute atomic E-state index is 0.119. The van der Waals surface area contributed by atoms with Gasteiger partial charge in [0.05, 0.1) is 16.7 Å². The first-order valence-electron chi connectivity index (χ1n) is 5.91. The van der Waals surface area contributed by atoms with Gasteiger partial charge in [-0.1, -0.05) is 0 Å². The average Bonchev–Trinajstić information content (AvgIpc) is 2.69. The molecule has 0 aliphatic heterocycles. The molecule has 0 aromatic carbocycles. The molecular formula is C13H15N3O2S. The Bertz CT molecular complexity index is 660. The van der Waals surface area contributed by atoms with Gasteiger partial charge >= 0.3 is 0 Å². The molecule has 2 aromatic heterocycles. The van der Waals surface area contributed by atoms with Gasteiger partial charge in [0, 0.05) is 11.1 Å². The highest BCUT2D eigenvalue weighted by Gasteiger charge is 2.17. The van der Waals surface area contributed by atoms with E-state index in [-0.39, 0.29) is 23.1 Å². The third-order valence-corrected chi connectivity index (χ3v) is 4.00. The monoisotopic (exact) mass is 277 g/mol. The van der Waals surface area contributed by atoms with Gasteiger partial charge in [0.15, 0.2) is 0 Å². The summed E-state index contributed by atoms with van der Waals surface area (Å²) in [6.45, 7) is 5.73. The fraction of sp³-hybridized carbons (Fsp3) is 0.308. The largest absolute Gasteiger partial charge is 0.344 e. The molecule has 0 spiro atoms. The highest BCUT2D eigenvalue weighted by atomic mass is 32.1. The first-order chi connectivity index (χ1) is 8.99. The number of nitrogens with zero attached hydrogens (tertiary/aromatic N) is 1.